The number of nitrogens with two attached hydrogens (primary N) is 1. The number of hydrogen-bond acceptors (Lipinski definition) is 5. The van der Waals surface area contributed by atoms with E-state index in [0.29, 0.717) is 15.8 Å². The molecule has 0 unspecified atom stereocenters. The lowest BCUT2D eigenvalue weighted by molar-refractivity contribution is 0.436. The van der Waals surface area contributed by atoms with Gasteiger partial charge >= 0.3 is 0 Å². The molecule has 1 heterocycles. The van der Waals surface area contributed by atoms with Crippen molar-refractivity contribution in [2.24, 2.45) is 0 Å². The number of sulfone groups is 1. The first-order chi connectivity index (χ1) is 7.88. The zero-order valence-electron chi connectivity index (χ0n) is 8.84. The number of benzene rings is 1. The average Bonchev–Trinajstić information content (AvgIpc) is 2.62. The fourth-order valence-corrected chi connectivity index (χ4v) is 3.37. The minimum atomic E-state index is -3.25. The Kier molecular flexibility index (Phi) is 2.96. The molecular formula is C10H9BrN2O3S. The standard InChI is InChI=1S/C10H9BrN2O3S/c1-17(14,15)9-3-2-6(4-7(9)11)8-5-10(12)13-16-8/h2-5H,1H3,(H2,12,13). The molecule has 0 saturated carbocycles. The van der Waals surface area contributed by atoms with E-state index in [0.717, 1.165) is 6.26 Å². The van der Waals surface area contributed by atoms with Crippen molar-refractivity contribution in [2.75, 3.05) is 12.0 Å². The lowest BCUT2D eigenvalue weighted by Gasteiger charge is -2.03. The van der Waals surface area contributed by atoms with Crippen LogP contribution in [0, 0.1) is 0 Å². The van der Waals surface area contributed by atoms with E-state index in [9.17, 15) is 8.42 Å². The van der Waals surface area contributed by atoms with Gasteiger partial charge in [0, 0.05) is 22.4 Å². The van der Waals surface area contributed by atoms with E-state index >= 15 is 0 Å². The molecule has 7 heteroatoms. The Bertz CT molecular complexity index is 664. The number of hydrogen-bond donors (Lipinski definition) is 1. The summed E-state index contributed by atoms with van der Waals surface area (Å²) in [4.78, 5) is 0.230. The normalized spacial score (nSPS) is 11.6. The third-order valence-electron chi connectivity index (χ3n) is 2.14. The molecule has 0 radical (unpaired) electrons. The first-order valence-electron chi connectivity index (χ1n) is 4.60. The van der Waals surface area contributed by atoms with Gasteiger partial charge in [0.2, 0.25) is 0 Å². The maximum atomic E-state index is 11.4. The van der Waals surface area contributed by atoms with Gasteiger partial charge in [-0.25, -0.2) is 8.42 Å². The van der Waals surface area contributed by atoms with Gasteiger partial charge in [0.25, 0.3) is 0 Å². The highest BCUT2D eigenvalue weighted by molar-refractivity contribution is 9.10. The summed E-state index contributed by atoms with van der Waals surface area (Å²) in [6.45, 7) is 0. The summed E-state index contributed by atoms with van der Waals surface area (Å²) >= 11 is 3.21. The van der Waals surface area contributed by atoms with Gasteiger partial charge in [0.05, 0.1) is 4.90 Å². The molecule has 2 rings (SSSR count). The molecule has 5 nitrogen and oxygen atoms in total. The second-order valence-corrected chi connectivity index (χ2v) is 6.37. The van der Waals surface area contributed by atoms with Crippen LogP contribution < -0.4 is 5.73 Å². The van der Waals surface area contributed by atoms with Crippen molar-refractivity contribution in [3.63, 3.8) is 0 Å². The Morgan fingerprint density at radius 2 is 2.06 bits per heavy atom. The van der Waals surface area contributed by atoms with Crippen molar-refractivity contribution in [1.82, 2.24) is 5.16 Å². The summed E-state index contributed by atoms with van der Waals surface area (Å²) in [7, 11) is -3.25. The molecule has 0 atom stereocenters. The molecule has 0 saturated heterocycles. The van der Waals surface area contributed by atoms with Crippen LogP contribution in [0.2, 0.25) is 0 Å². The third-order valence-corrected chi connectivity index (χ3v) is 4.22. The average molecular weight is 317 g/mol. The second-order valence-electron chi connectivity index (χ2n) is 3.53. The van der Waals surface area contributed by atoms with Crippen LogP contribution in [-0.4, -0.2) is 19.8 Å². The largest absolute Gasteiger partial charge is 0.381 e. The fourth-order valence-electron chi connectivity index (χ4n) is 1.38. The maximum Gasteiger partial charge on any atom is 0.176 e. The molecule has 0 spiro atoms. The van der Waals surface area contributed by atoms with Gasteiger partial charge in [-0.1, -0.05) is 5.16 Å². The van der Waals surface area contributed by atoms with Gasteiger partial charge in [-0.3, -0.25) is 0 Å². The SMILES string of the molecule is CS(=O)(=O)c1ccc(-c2cc(N)no2)cc1Br. The highest BCUT2D eigenvalue weighted by atomic mass is 79.9. The van der Waals surface area contributed by atoms with Crippen LogP contribution in [0.1, 0.15) is 0 Å². The summed E-state index contributed by atoms with van der Waals surface area (Å²) < 4.78 is 28.3. The Morgan fingerprint density at radius 3 is 2.53 bits per heavy atom. The predicted octanol–water partition coefficient (Wildman–Crippen LogP) is 2.09. The summed E-state index contributed by atoms with van der Waals surface area (Å²) in [5.41, 5.74) is 6.14. The summed E-state index contributed by atoms with van der Waals surface area (Å²) in [6, 6.07) is 6.37. The Labute approximate surface area is 107 Å². The van der Waals surface area contributed by atoms with E-state index < -0.39 is 9.84 Å². The summed E-state index contributed by atoms with van der Waals surface area (Å²) in [6.07, 6.45) is 1.15. The van der Waals surface area contributed by atoms with Crippen molar-refractivity contribution >= 4 is 31.6 Å². The van der Waals surface area contributed by atoms with E-state index in [2.05, 4.69) is 21.1 Å². The molecule has 0 aliphatic rings. The zero-order valence-corrected chi connectivity index (χ0v) is 11.2. The number of halogens is 1. The van der Waals surface area contributed by atoms with Crippen molar-refractivity contribution in [3.05, 3.63) is 28.7 Å². The van der Waals surface area contributed by atoms with Crippen LogP contribution in [0.25, 0.3) is 11.3 Å². The smallest absolute Gasteiger partial charge is 0.176 e. The van der Waals surface area contributed by atoms with E-state index in [1.807, 2.05) is 0 Å². The molecule has 2 N–H and O–H groups in total. The van der Waals surface area contributed by atoms with Crippen molar-refractivity contribution in [2.45, 2.75) is 4.90 Å². The van der Waals surface area contributed by atoms with E-state index in [1.165, 1.54) is 6.07 Å². The van der Waals surface area contributed by atoms with Gasteiger partial charge in [0.1, 0.15) is 0 Å². The van der Waals surface area contributed by atoms with Crippen LogP contribution >= 0.6 is 15.9 Å². The molecule has 0 amide bonds. The molecule has 2 aromatic rings. The molecule has 17 heavy (non-hydrogen) atoms. The van der Waals surface area contributed by atoms with Crippen LogP contribution in [0.15, 0.2) is 38.2 Å². The topological polar surface area (TPSA) is 86.2 Å². The number of rotatable bonds is 2. The Hall–Kier alpha value is -1.34. The molecular weight excluding hydrogens is 308 g/mol. The predicted molar refractivity (Wildman–Crippen MR) is 67.2 cm³/mol. The minimum absolute atomic E-state index is 0.230. The van der Waals surface area contributed by atoms with Crippen molar-refractivity contribution < 1.29 is 12.9 Å². The fraction of sp³-hybridized carbons (Fsp3) is 0.100. The second kappa shape index (κ2) is 4.15. The monoisotopic (exact) mass is 316 g/mol. The van der Waals surface area contributed by atoms with Gasteiger partial charge < -0.3 is 10.3 Å². The Morgan fingerprint density at radius 1 is 1.35 bits per heavy atom. The van der Waals surface area contributed by atoms with Gasteiger partial charge in [-0.15, -0.1) is 0 Å². The number of nitrogen functional groups attached to an aromatic ring is 1. The van der Waals surface area contributed by atoms with Crippen LogP contribution in [0.3, 0.4) is 0 Å². The maximum absolute atomic E-state index is 11.4. The van der Waals surface area contributed by atoms with E-state index in [-0.39, 0.29) is 10.7 Å². The summed E-state index contributed by atoms with van der Waals surface area (Å²) in [5, 5.41) is 3.56. The molecule has 0 aliphatic carbocycles. The highest BCUT2D eigenvalue weighted by Gasteiger charge is 2.14. The van der Waals surface area contributed by atoms with Crippen LogP contribution in [-0.2, 0) is 9.84 Å². The lowest BCUT2D eigenvalue weighted by Crippen LogP contribution is -1.98. The molecule has 90 valence electrons. The highest BCUT2D eigenvalue weighted by Crippen LogP contribution is 2.29. The number of anilines is 1. The molecule has 0 bridgehead atoms. The Balaban J connectivity index is 2.52. The van der Waals surface area contributed by atoms with Crippen LogP contribution in [0.4, 0.5) is 5.82 Å². The first-order valence-corrected chi connectivity index (χ1v) is 7.28. The molecule has 0 aliphatic heterocycles. The van der Waals surface area contributed by atoms with Gasteiger partial charge in [-0.05, 0) is 34.1 Å². The van der Waals surface area contributed by atoms with E-state index in [1.54, 1.807) is 18.2 Å². The quantitative estimate of drug-likeness (QED) is 0.916. The van der Waals surface area contributed by atoms with Crippen molar-refractivity contribution in [1.29, 1.82) is 0 Å². The van der Waals surface area contributed by atoms with Crippen LogP contribution in [0.5, 0.6) is 0 Å². The molecule has 1 aromatic heterocycles. The van der Waals surface area contributed by atoms with Crippen molar-refractivity contribution in [3.8, 4) is 11.3 Å². The number of aromatic nitrogens is 1. The van der Waals surface area contributed by atoms with E-state index in [4.69, 9.17) is 10.3 Å². The molecule has 1 aromatic carbocycles. The van der Waals surface area contributed by atoms with Gasteiger partial charge in [0.15, 0.2) is 21.4 Å². The minimum Gasteiger partial charge on any atom is -0.381 e. The zero-order chi connectivity index (χ0) is 12.6. The molecule has 0 fully saturated rings. The summed E-state index contributed by atoms with van der Waals surface area (Å²) in [5.74, 6) is 0.770. The first kappa shape index (κ1) is 12.1. The van der Waals surface area contributed by atoms with Gasteiger partial charge in [-0.2, -0.15) is 0 Å². The third kappa shape index (κ3) is 2.50. The lowest BCUT2D eigenvalue weighted by atomic mass is 10.2. The number of nitrogens with zero attached hydrogens (tertiary/aromatic N) is 1.